The summed E-state index contributed by atoms with van der Waals surface area (Å²) in [5.41, 5.74) is 6.75. The lowest BCUT2D eigenvalue weighted by Gasteiger charge is -2.33. The third-order valence-corrected chi connectivity index (χ3v) is 3.53. The van der Waals surface area contributed by atoms with Gasteiger partial charge in [0.05, 0.1) is 5.69 Å². The van der Waals surface area contributed by atoms with Gasteiger partial charge in [0.25, 0.3) is 0 Å². The molecule has 2 atom stereocenters. The first kappa shape index (κ1) is 10.1. The molecule has 0 saturated carbocycles. The number of piperidine rings is 1. The Morgan fingerprint density at radius 2 is 2.31 bits per heavy atom. The largest absolute Gasteiger partial charge is 0.380 e. The number of nitrogens with two attached hydrogens (primary N) is 1. The van der Waals surface area contributed by atoms with Gasteiger partial charge in [-0.05, 0) is 12.3 Å². The topological polar surface area (TPSA) is 67.1 Å². The van der Waals surface area contributed by atoms with Crippen molar-refractivity contribution in [2.45, 2.75) is 12.5 Å². The van der Waals surface area contributed by atoms with E-state index in [1.54, 1.807) is 6.07 Å². The van der Waals surface area contributed by atoms with Crippen molar-refractivity contribution in [3.8, 4) is 0 Å². The minimum Gasteiger partial charge on any atom is -0.380 e. The number of anilines is 2. The Morgan fingerprint density at radius 1 is 1.44 bits per heavy atom. The standard InChI is InChI=1S/C10H14ClN5/c11-9-2-8(10(12)15-14-9)16-4-6-1-7(5-16)13-3-6/h2,6-7,13H,1,3-5H2,(H2,12,15). The Kier molecular flexibility index (Phi) is 2.37. The molecular formula is C10H14ClN5. The van der Waals surface area contributed by atoms with E-state index in [0.717, 1.165) is 25.3 Å². The van der Waals surface area contributed by atoms with Crippen molar-refractivity contribution in [1.29, 1.82) is 0 Å². The maximum absolute atomic E-state index is 5.85. The van der Waals surface area contributed by atoms with Gasteiger partial charge in [-0.15, -0.1) is 10.2 Å². The highest BCUT2D eigenvalue weighted by Gasteiger charge is 2.33. The van der Waals surface area contributed by atoms with Crippen LogP contribution in [-0.4, -0.2) is 35.9 Å². The molecule has 6 heteroatoms. The van der Waals surface area contributed by atoms with Gasteiger partial charge in [-0.1, -0.05) is 11.6 Å². The quantitative estimate of drug-likeness (QED) is 0.748. The Hall–Kier alpha value is -1.07. The summed E-state index contributed by atoms with van der Waals surface area (Å²) in [6.45, 7) is 3.10. The molecule has 2 unspecified atom stereocenters. The molecule has 0 spiro atoms. The number of hydrogen-bond donors (Lipinski definition) is 2. The van der Waals surface area contributed by atoms with Crippen LogP contribution in [0.3, 0.4) is 0 Å². The molecule has 16 heavy (non-hydrogen) atoms. The van der Waals surface area contributed by atoms with Gasteiger partial charge in [-0.3, -0.25) is 0 Å². The van der Waals surface area contributed by atoms with E-state index in [1.807, 2.05) is 0 Å². The lowest BCUT2D eigenvalue weighted by Crippen LogP contribution is -2.41. The second-order valence-corrected chi connectivity index (χ2v) is 4.94. The summed E-state index contributed by atoms with van der Waals surface area (Å²) in [6, 6.07) is 2.37. The van der Waals surface area contributed by atoms with E-state index in [9.17, 15) is 0 Å². The SMILES string of the molecule is Nc1nnc(Cl)cc1N1CC2CNC(C2)C1. The summed E-state index contributed by atoms with van der Waals surface area (Å²) >= 11 is 5.85. The zero-order chi connectivity index (χ0) is 11.1. The summed E-state index contributed by atoms with van der Waals surface area (Å²) in [5, 5.41) is 11.5. The van der Waals surface area contributed by atoms with Crippen molar-refractivity contribution < 1.29 is 0 Å². The number of halogens is 1. The minimum absolute atomic E-state index is 0.398. The molecule has 0 radical (unpaired) electrons. The third-order valence-electron chi connectivity index (χ3n) is 3.34. The van der Waals surface area contributed by atoms with Gasteiger partial charge in [0.1, 0.15) is 0 Å². The first-order valence-electron chi connectivity index (χ1n) is 5.49. The summed E-state index contributed by atoms with van der Waals surface area (Å²) in [4.78, 5) is 2.26. The zero-order valence-electron chi connectivity index (χ0n) is 8.86. The summed E-state index contributed by atoms with van der Waals surface area (Å²) in [5.74, 6) is 1.18. The number of nitrogens with one attached hydrogen (secondary N) is 1. The first-order chi connectivity index (χ1) is 7.72. The minimum atomic E-state index is 0.398. The highest BCUT2D eigenvalue weighted by molar-refractivity contribution is 6.29. The van der Waals surface area contributed by atoms with E-state index in [0.29, 0.717) is 22.9 Å². The number of aromatic nitrogens is 2. The van der Waals surface area contributed by atoms with Crippen LogP contribution in [0.4, 0.5) is 11.5 Å². The number of hydrogen-bond acceptors (Lipinski definition) is 5. The van der Waals surface area contributed by atoms with Gasteiger partial charge in [0.15, 0.2) is 11.0 Å². The Labute approximate surface area is 99.0 Å². The molecule has 3 N–H and O–H groups in total. The van der Waals surface area contributed by atoms with Gasteiger partial charge in [0.2, 0.25) is 0 Å². The molecule has 2 aliphatic heterocycles. The van der Waals surface area contributed by atoms with Crippen LogP contribution in [-0.2, 0) is 0 Å². The van der Waals surface area contributed by atoms with E-state index >= 15 is 0 Å². The molecule has 0 aromatic carbocycles. The average Bonchev–Trinajstić information content (AvgIpc) is 2.61. The summed E-state index contributed by atoms with van der Waals surface area (Å²) in [7, 11) is 0. The van der Waals surface area contributed by atoms with Gasteiger partial charge in [-0.2, -0.15) is 0 Å². The molecule has 2 bridgehead atoms. The number of rotatable bonds is 1. The van der Waals surface area contributed by atoms with Crippen molar-refractivity contribution in [1.82, 2.24) is 15.5 Å². The molecule has 3 rings (SSSR count). The normalized spacial score (nSPS) is 28.4. The molecule has 2 saturated heterocycles. The smallest absolute Gasteiger partial charge is 0.169 e. The molecule has 0 aliphatic carbocycles. The second-order valence-electron chi connectivity index (χ2n) is 4.55. The van der Waals surface area contributed by atoms with Crippen LogP contribution in [0.15, 0.2) is 6.07 Å². The van der Waals surface area contributed by atoms with Crippen molar-refractivity contribution in [3.63, 3.8) is 0 Å². The maximum atomic E-state index is 5.85. The number of nitrogens with zero attached hydrogens (tertiary/aromatic N) is 3. The van der Waals surface area contributed by atoms with Crippen molar-refractivity contribution in [2.24, 2.45) is 5.92 Å². The van der Waals surface area contributed by atoms with Gasteiger partial charge in [0, 0.05) is 31.7 Å². The molecule has 2 fully saturated rings. The fraction of sp³-hybridized carbons (Fsp3) is 0.600. The predicted molar refractivity (Wildman–Crippen MR) is 63.6 cm³/mol. The van der Waals surface area contributed by atoms with E-state index in [4.69, 9.17) is 17.3 Å². The molecular weight excluding hydrogens is 226 g/mol. The molecule has 86 valence electrons. The van der Waals surface area contributed by atoms with E-state index in [-0.39, 0.29) is 0 Å². The molecule has 1 aromatic rings. The van der Waals surface area contributed by atoms with Crippen LogP contribution < -0.4 is 16.0 Å². The van der Waals surface area contributed by atoms with Gasteiger partial charge in [-0.25, -0.2) is 0 Å². The molecule has 2 aliphatic rings. The second kappa shape index (κ2) is 3.75. The summed E-state index contributed by atoms with van der Waals surface area (Å²) < 4.78 is 0. The predicted octanol–water partition coefficient (Wildman–Crippen LogP) is 0.510. The average molecular weight is 240 g/mol. The lowest BCUT2D eigenvalue weighted by molar-refractivity contribution is 0.475. The van der Waals surface area contributed by atoms with Crippen LogP contribution in [0.25, 0.3) is 0 Å². The highest BCUT2D eigenvalue weighted by Crippen LogP contribution is 2.30. The van der Waals surface area contributed by atoms with Crippen LogP contribution in [0.1, 0.15) is 6.42 Å². The van der Waals surface area contributed by atoms with E-state index < -0.39 is 0 Å². The van der Waals surface area contributed by atoms with Gasteiger partial charge < -0.3 is 16.0 Å². The van der Waals surface area contributed by atoms with Crippen LogP contribution in [0.2, 0.25) is 5.15 Å². The first-order valence-corrected chi connectivity index (χ1v) is 5.87. The van der Waals surface area contributed by atoms with Crippen LogP contribution in [0, 0.1) is 5.92 Å². The molecule has 3 heterocycles. The molecule has 5 nitrogen and oxygen atoms in total. The number of fused-ring (bicyclic) bond motifs is 2. The van der Waals surface area contributed by atoms with E-state index in [1.165, 1.54) is 6.42 Å². The number of nitrogen functional groups attached to an aromatic ring is 1. The lowest BCUT2D eigenvalue weighted by atomic mass is 9.99. The van der Waals surface area contributed by atoms with Crippen molar-refractivity contribution in [2.75, 3.05) is 30.3 Å². The molecule has 0 amide bonds. The van der Waals surface area contributed by atoms with E-state index in [2.05, 4.69) is 20.4 Å². The fourth-order valence-electron chi connectivity index (χ4n) is 2.65. The van der Waals surface area contributed by atoms with Crippen LogP contribution >= 0.6 is 11.6 Å². The van der Waals surface area contributed by atoms with Crippen molar-refractivity contribution in [3.05, 3.63) is 11.2 Å². The Morgan fingerprint density at radius 3 is 3.12 bits per heavy atom. The fourth-order valence-corrected chi connectivity index (χ4v) is 2.79. The maximum Gasteiger partial charge on any atom is 0.169 e. The Bertz CT molecular complexity index is 398. The van der Waals surface area contributed by atoms with Crippen molar-refractivity contribution >= 4 is 23.1 Å². The Balaban J connectivity index is 1.89. The molecule has 1 aromatic heterocycles. The monoisotopic (exact) mass is 239 g/mol. The van der Waals surface area contributed by atoms with Gasteiger partial charge >= 0.3 is 0 Å². The van der Waals surface area contributed by atoms with Crippen LogP contribution in [0.5, 0.6) is 0 Å². The summed E-state index contributed by atoms with van der Waals surface area (Å²) in [6.07, 6.45) is 1.27. The third kappa shape index (κ3) is 1.70. The zero-order valence-corrected chi connectivity index (χ0v) is 9.61. The highest BCUT2D eigenvalue weighted by atomic mass is 35.5.